The third-order valence-corrected chi connectivity index (χ3v) is 3.30. The first-order valence-electron chi connectivity index (χ1n) is 5.77. The molecule has 1 aliphatic heterocycles. The molecule has 0 aliphatic carbocycles. The van der Waals surface area contributed by atoms with Crippen LogP contribution in [-0.2, 0) is 11.8 Å². The van der Waals surface area contributed by atoms with Gasteiger partial charge in [0.15, 0.2) is 5.69 Å². The molecule has 1 N–H and O–H groups in total. The summed E-state index contributed by atoms with van der Waals surface area (Å²) >= 11 is 0. The molecule has 2 heterocycles. The maximum atomic E-state index is 12.2. The summed E-state index contributed by atoms with van der Waals surface area (Å²) in [5, 5.41) is 19.8. The van der Waals surface area contributed by atoms with Crippen LogP contribution >= 0.6 is 0 Å². The highest BCUT2D eigenvalue weighted by Gasteiger charge is 2.37. The third kappa shape index (κ3) is 2.16. The van der Waals surface area contributed by atoms with Crippen LogP contribution in [0.2, 0.25) is 0 Å². The number of hydrogen-bond acceptors (Lipinski definition) is 4. The van der Waals surface area contributed by atoms with Gasteiger partial charge in [-0.2, -0.15) is 0 Å². The maximum absolute atomic E-state index is 12.2. The van der Waals surface area contributed by atoms with Crippen LogP contribution in [0.1, 0.15) is 23.3 Å². The van der Waals surface area contributed by atoms with Crippen LogP contribution in [0.4, 0.5) is 5.82 Å². The Morgan fingerprint density at radius 2 is 2.16 bits per heavy atom. The van der Waals surface area contributed by atoms with E-state index in [-0.39, 0.29) is 11.5 Å². The van der Waals surface area contributed by atoms with Gasteiger partial charge < -0.3 is 20.1 Å². The first kappa shape index (κ1) is 13.1. The molecule has 1 atom stereocenters. The molecule has 0 bridgehead atoms. The normalized spacial score (nSPS) is 18.6. The van der Waals surface area contributed by atoms with Crippen LogP contribution in [0.5, 0.6) is 0 Å². The quantitative estimate of drug-likeness (QED) is 0.638. The van der Waals surface area contributed by atoms with Gasteiger partial charge in [0, 0.05) is 12.6 Å². The number of carboxylic acid groups (broad SMARTS) is 1. The summed E-state index contributed by atoms with van der Waals surface area (Å²) in [5.41, 5.74) is 0.125. The summed E-state index contributed by atoms with van der Waals surface area (Å²) < 4.78 is 1.17. The zero-order valence-electron chi connectivity index (χ0n) is 10.3. The van der Waals surface area contributed by atoms with Gasteiger partial charge in [0.05, 0.1) is 7.05 Å². The lowest BCUT2D eigenvalue weighted by Gasteiger charge is -2.20. The molecule has 1 aromatic heterocycles. The molecule has 2 rings (SSSR count). The monoisotopic (exact) mass is 267 g/mol. The summed E-state index contributed by atoms with van der Waals surface area (Å²) in [6.45, 7) is 0.356. The molecule has 0 radical (unpaired) electrons. The number of likely N-dealkylation sites (tertiary alicyclic amines) is 1. The summed E-state index contributed by atoms with van der Waals surface area (Å²) in [6.07, 6.45) is 1.03. The predicted molar refractivity (Wildman–Crippen MR) is 63.8 cm³/mol. The van der Waals surface area contributed by atoms with Gasteiger partial charge in [-0.1, -0.05) is 0 Å². The molecule has 0 saturated carbocycles. The van der Waals surface area contributed by atoms with E-state index in [0.29, 0.717) is 19.4 Å². The fourth-order valence-electron chi connectivity index (χ4n) is 2.31. The number of carbonyl (C=O) groups is 2. The number of nitrogens with zero attached hydrogens (tertiary/aromatic N) is 3. The highest BCUT2D eigenvalue weighted by Crippen LogP contribution is 2.22. The molecule has 1 aromatic rings. The molecule has 8 nitrogen and oxygen atoms in total. The van der Waals surface area contributed by atoms with Crippen molar-refractivity contribution in [2.45, 2.75) is 18.9 Å². The Labute approximate surface area is 108 Å². The van der Waals surface area contributed by atoms with Crippen molar-refractivity contribution in [2.24, 2.45) is 7.05 Å². The molecule has 1 fully saturated rings. The number of carbonyl (C=O) groups excluding carboxylic acids is 1. The topological polar surface area (TPSA) is 106 Å². The third-order valence-electron chi connectivity index (χ3n) is 3.30. The highest BCUT2D eigenvalue weighted by molar-refractivity contribution is 5.96. The molecule has 1 aliphatic rings. The lowest BCUT2D eigenvalue weighted by atomic mass is 10.2. The number of rotatable bonds is 3. The van der Waals surface area contributed by atoms with E-state index in [9.17, 15) is 19.7 Å². The minimum absolute atomic E-state index is 0.125. The van der Waals surface area contributed by atoms with E-state index in [1.807, 2.05) is 0 Å². The number of hydrogen-bond donors (Lipinski definition) is 1. The lowest BCUT2D eigenvalue weighted by Crippen LogP contribution is -2.41. The number of aliphatic carboxylic acids is 1. The van der Waals surface area contributed by atoms with Crippen molar-refractivity contribution < 1.29 is 19.6 Å². The Balaban J connectivity index is 2.29. The lowest BCUT2D eigenvalue weighted by molar-refractivity contribution is -0.391. The number of nitro groups is 1. The minimum Gasteiger partial charge on any atom is -0.480 e. The summed E-state index contributed by atoms with van der Waals surface area (Å²) in [6, 6.07) is 1.73. The van der Waals surface area contributed by atoms with Crippen LogP contribution in [0.15, 0.2) is 12.1 Å². The second-order valence-electron chi connectivity index (χ2n) is 4.39. The average molecular weight is 267 g/mol. The van der Waals surface area contributed by atoms with Gasteiger partial charge in [-0.3, -0.25) is 4.79 Å². The van der Waals surface area contributed by atoms with Gasteiger partial charge in [-0.05, 0) is 23.8 Å². The zero-order chi connectivity index (χ0) is 14.2. The maximum Gasteiger partial charge on any atom is 0.326 e. The van der Waals surface area contributed by atoms with Crippen LogP contribution in [0.3, 0.4) is 0 Å². The van der Waals surface area contributed by atoms with Crippen molar-refractivity contribution in [3.05, 3.63) is 27.9 Å². The number of aromatic nitrogens is 1. The van der Waals surface area contributed by atoms with Gasteiger partial charge in [0.25, 0.3) is 5.91 Å². The van der Waals surface area contributed by atoms with Crippen LogP contribution < -0.4 is 0 Å². The van der Waals surface area contributed by atoms with Crippen LogP contribution in [0, 0.1) is 10.1 Å². The van der Waals surface area contributed by atoms with Crippen molar-refractivity contribution in [2.75, 3.05) is 6.54 Å². The van der Waals surface area contributed by atoms with E-state index < -0.39 is 22.8 Å². The molecule has 19 heavy (non-hydrogen) atoms. The van der Waals surface area contributed by atoms with Gasteiger partial charge >= 0.3 is 11.8 Å². The molecule has 8 heteroatoms. The fraction of sp³-hybridized carbons (Fsp3) is 0.455. The van der Waals surface area contributed by atoms with Crippen molar-refractivity contribution >= 4 is 17.7 Å². The van der Waals surface area contributed by atoms with Crippen LogP contribution in [-0.4, -0.2) is 44.0 Å². The predicted octanol–water partition coefficient (Wildman–Crippen LogP) is 0.623. The smallest absolute Gasteiger partial charge is 0.326 e. The molecular weight excluding hydrogens is 254 g/mol. The molecule has 0 spiro atoms. The van der Waals surface area contributed by atoms with E-state index in [0.717, 1.165) is 0 Å². The average Bonchev–Trinajstić information content (AvgIpc) is 2.93. The van der Waals surface area contributed by atoms with Crippen molar-refractivity contribution in [1.82, 2.24) is 9.47 Å². The molecule has 102 valence electrons. The Kier molecular flexibility index (Phi) is 3.24. The SMILES string of the molecule is Cn1c(C(=O)N2CCC[C@@H]2C(=O)O)ccc1[N+](=O)[O-]. The molecule has 1 amide bonds. The second kappa shape index (κ2) is 4.71. The van der Waals surface area contributed by atoms with Gasteiger partial charge in [0.1, 0.15) is 6.04 Å². The van der Waals surface area contributed by atoms with Crippen molar-refractivity contribution in [3.8, 4) is 0 Å². The number of amides is 1. The molecular formula is C11H13N3O5. The summed E-state index contributed by atoms with van der Waals surface area (Å²) in [5.74, 6) is -1.73. The molecule has 1 saturated heterocycles. The van der Waals surface area contributed by atoms with Gasteiger partial charge in [-0.25, -0.2) is 9.36 Å². The zero-order valence-corrected chi connectivity index (χ0v) is 10.3. The van der Waals surface area contributed by atoms with E-state index >= 15 is 0 Å². The minimum atomic E-state index is -1.05. The van der Waals surface area contributed by atoms with E-state index in [2.05, 4.69) is 0 Å². The van der Waals surface area contributed by atoms with Gasteiger partial charge in [0.2, 0.25) is 0 Å². The highest BCUT2D eigenvalue weighted by atomic mass is 16.6. The van der Waals surface area contributed by atoms with Crippen molar-refractivity contribution in [3.63, 3.8) is 0 Å². The summed E-state index contributed by atoms with van der Waals surface area (Å²) in [4.78, 5) is 34.7. The summed E-state index contributed by atoms with van der Waals surface area (Å²) in [7, 11) is 1.41. The second-order valence-corrected chi connectivity index (χ2v) is 4.39. The van der Waals surface area contributed by atoms with Gasteiger partial charge in [-0.15, -0.1) is 0 Å². The largest absolute Gasteiger partial charge is 0.480 e. The van der Waals surface area contributed by atoms with Crippen molar-refractivity contribution in [1.29, 1.82) is 0 Å². The van der Waals surface area contributed by atoms with E-state index in [1.165, 1.54) is 28.6 Å². The molecule has 0 unspecified atom stereocenters. The Hall–Kier alpha value is -2.38. The standard InChI is InChI=1S/C11H13N3O5/c1-12-7(4-5-9(12)14(18)19)10(15)13-6-2-3-8(13)11(16)17/h4-5,8H,2-3,6H2,1H3,(H,16,17)/t8-/m1/s1. The Morgan fingerprint density at radius 3 is 2.68 bits per heavy atom. The Morgan fingerprint density at radius 1 is 1.47 bits per heavy atom. The first-order chi connectivity index (χ1) is 8.93. The van der Waals surface area contributed by atoms with Crippen LogP contribution in [0.25, 0.3) is 0 Å². The Bertz CT molecular complexity index is 551. The van der Waals surface area contributed by atoms with E-state index in [4.69, 9.17) is 5.11 Å². The van der Waals surface area contributed by atoms with E-state index in [1.54, 1.807) is 0 Å². The fourth-order valence-corrected chi connectivity index (χ4v) is 2.31. The first-order valence-corrected chi connectivity index (χ1v) is 5.77. The molecule has 0 aromatic carbocycles. The number of carboxylic acids is 1.